The lowest BCUT2D eigenvalue weighted by Crippen LogP contribution is -2.27. The molecule has 1 fully saturated rings. The molecule has 0 unspecified atom stereocenters. The van der Waals surface area contributed by atoms with E-state index in [0.29, 0.717) is 12.0 Å². The lowest BCUT2D eigenvalue weighted by Gasteiger charge is -2.26. The number of aromatic nitrogens is 1. The van der Waals surface area contributed by atoms with Crippen LogP contribution in [0.3, 0.4) is 0 Å². The average molecular weight is 309 g/mol. The van der Waals surface area contributed by atoms with E-state index in [9.17, 15) is 0 Å². The number of hydrogen-bond donors (Lipinski definition) is 0. The van der Waals surface area contributed by atoms with Crippen LogP contribution in [-0.4, -0.2) is 30.0 Å². The van der Waals surface area contributed by atoms with E-state index in [-0.39, 0.29) is 0 Å². The molecule has 0 N–H and O–H groups in total. The van der Waals surface area contributed by atoms with Crippen molar-refractivity contribution in [1.82, 2.24) is 9.88 Å². The summed E-state index contributed by atoms with van der Waals surface area (Å²) in [6.07, 6.45) is 4.61. The van der Waals surface area contributed by atoms with Crippen molar-refractivity contribution in [3.8, 4) is 0 Å². The van der Waals surface area contributed by atoms with Crippen LogP contribution in [0.2, 0.25) is 0 Å². The molecule has 0 aliphatic carbocycles. The number of nitrogens with zero attached hydrogens (tertiary/aromatic N) is 3. The summed E-state index contributed by atoms with van der Waals surface area (Å²) in [5, 5.41) is 0. The molecular weight excluding hydrogens is 282 g/mol. The Kier molecular flexibility index (Phi) is 4.97. The van der Waals surface area contributed by atoms with Gasteiger partial charge in [-0.2, -0.15) is 0 Å². The molecule has 2 heterocycles. The molecule has 1 saturated heterocycles. The van der Waals surface area contributed by atoms with Crippen molar-refractivity contribution < 1.29 is 0 Å². The summed E-state index contributed by atoms with van der Waals surface area (Å²) in [6.45, 7) is 6.99. The van der Waals surface area contributed by atoms with Gasteiger partial charge in [0.2, 0.25) is 0 Å². The Labute approximate surface area is 140 Å². The minimum atomic E-state index is 0.543. The Bertz CT molecular complexity index is 607. The van der Waals surface area contributed by atoms with Gasteiger partial charge in [-0.1, -0.05) is 38.1 Å². The summed E-state index contributed by atoms with van der Waals surface area (Å²) in [5.41, 5.74) is 2.52. The van der Waals surface area contributed by atoms with Crippen LogP contribution in [0.5, 0.6) is 0 Å². The van der Waals surface area contributed by atoms with Gasteiger partial charge in [-0.3, -0.25) is 4.90 Å². The van der Waals surface area contributed by atoms with Crippen LogP contribution in [0.1, 0.15) is 38.3 Å². The number of anilines is 2. The van der Waals surface area contributed by atoms with Gasteiger partial charge < -0.3 is 4.90 Å². The predicted octanol–water partition coefficient (Wildman–Crippen LogP) is 4.64. The molecule has 1 aliphatic rings. The standard InChI is InChI=1S/C20H27N3/c1-16(2)15-23-13-7-10-19(23)17-11-12-20(21-14-17)22(3)18-8-5-4-6-9-18/h4-6,8-9,11-12,14,16,19H,7,10,13,15H2,1-3H3/t19-/m0/s1. The first-order valence-electron chi connectivity index (χ1n) is 8.64. The summed E-state index contributed by atoms with van der Waals surface area (Å²) in [7, 11) is 2.07. The first-order valence-corrected chi connectivity index (χ1v) is 8.64. The second kappa shape index (κ2) is 7.14. The average Bonchev–Trinajstić information content (AvgIpc) is 3.02. The quantitative estimate of drug-likeness (QED) is 0.802. The van der Waals surface area contributed by atoms with E-state index in [4.69, 9.17) is 4.98 Å². The van der Waals surface area contributed by atoms with E-state index in [0.717, 1.165) is 11.5 Å². The van der Waals surface area contributed by atoms with E-state index in [1.54, 1.807) is 0 Å². The highest BCUT2D eigenvalue weighted by molar-refractivity contribution is 5.58. The van der Waals surface area contributed by atoms with Gasteiger partial charge in [0.25, 0.3) is 0 Å². The fraction of sp³-hybridized carbons (Fsp3) is 0.450. The molecule has 1 aliphatic heterocycles. The summed E-state index contributed by atoms with van der Waals surface area (Å²) in [5.74, 6) is 1.71. The summed E-state index contributed by atoms with van der Waals surface area (Å²) < 4.78 is 0. The number of likely N-dealkylation sites (tertiary alicyclic amines) is 1. The van der Waals surface area contributed by atoms with E-state index in [1.165, 1.54) is 31.5 Å². The normalized spacial score (nSPS) is 18.5. The molecule has 3 nitrogen and oxygen atoms in total. The number of pyridine rings is 1. The lowest BCUT2D eigenvalue weighted by molar-refractivity contribution is 0.228. The van der Waals surface area contributed by atoms with Gasteiger partial charge in [0.1, 0.15) is 5.82 Å². The SMILES string of the molecule is CC(C)CN1CCC[C@H]1c1ccc(N(C)c2ccccc2)nc1. The monoisotopic (exact) mass is 309 g/mol. The largest absolute Gasteiger partial charge is 0.329 e. The predicted molar refractivity (Wildman–Crippen MR) is 97.1 cm³/mol. The van der Waals surface area contributed by atoms with Crippen LogP contribution in [0.4, 0.5) is 11.5 Å². The van der Waals surface area contributed by atoms with Crippen molar-refractivity contribution in [2.45, 2.75) is 32.7 Å². The maximum atomic E-state index is 4.71. The molecule has 1 aromatic carbocycles. The second-order valence-electron chi connectivity index (χ2n) is 6.89. The fourth-order valence-corrected chi connectivity index (χ4v) is 3.47. The summed E-state index contributed by atoms with van der Waals surface area (Å²) in [6, 6.07) is 15.3. The Hall–Kier alpha value is -1.87. The maximum Gasteiger partial charge on any atom is 0.132 e. The van der Waals surface area contributed by atoms with Crippen molar-refractivity contribution in [3.05, 3.63) is 54.2 Å². The second-order valence-corrected chi connectivity index (χ2v) is 6.89. The van der Waals surface area contributed by atoms with Crippen molar-refractivity contribution in [3.63, 3.8) is 0 Å². The molecule has 0 bridgehead atoms. The van der Waals surface area contributed by atoms with E-state index >= 15 is 0 Å². The first-order chi connectivity index (χ1) is 11.1. The lowest BCUT2D eigenvalue weighted by atomic mass is 10.1. The van der Waals surface area contributed by atoms with Crippen LogP contribution >= 0.6 is 0 Å². The number of para-hydroxylation sites is 1. The van der Waals surface area contributed by atoms with Gasteiger partial charge >= 0.3 is 0 Å². The molecule has 122 valence electrons. The molecule has 0 radical (unpaired) electrons. The molecule has 0 spiro atoms. The zero-order valence-electron chi connectivity index (χ0n) is 14.4. The maximum absolute atomic E-state index is 4.71. The number of rotatable bonds is 5. The molecule has 23 heavy (non-hydrogen) atoms. The third kappa shape index (κ3) is 3.73. The molecular formula is C20H27N3. The van der Waals surface area contributed by atoms with Crippen LogP contribution in [0, 0.1) is 5.92 Å². The molecule has 2 aromatic rings. The minimum Gasteiger partial charge on any atom is -0.329 e. The highest BCUT2D eigenvalue weighted by Gasteiger charge is 2.26. The van der Waals surface area contributed by atoms with E-state index < -0.39 is 0 Å². The minimum absolute atomic E-state index is 0.543. The summed E-state index contributed by atoms with van der Waals surface area (Å²) in [4.78, 5) is 9.46. The molecule has 1 aromatic heterocycles. The van der Waals surface area contributed by atoms with E-state index in [1.807, 2.05) is 6.07 Å². The molecule has 3 rings (SSSR count). The highest BCUT2D eigenvalue weighted by Crippen LogP contribution is 2.33. The van der Waals surface area contributed by atoms with Gasteiger partial charge in [-0.25, -0.2) is 4.98 Å². The fourth-order valence-electron chi connectivity index (χ4n) is 3.47. The van der Waals surface area contributed by atoms with Crippen LogP contribution < -0.4 is 4.90 Å². The van der Waals surface area contributed by atoms with Crippen LogP contribution in [0.15, 0.2) is 48.7 Å². The smallest absolute Gasteiger partial charge is 0.132 e. The Morgan fingerprint density at radius 1 is 1.17 bits per heavy atom. The van der Waals surface area contributed by atoms with Gasteiger partial charge in [-0.15, -0.1) is 0 Å². The first kappa shape index (κ1) is 16.0. The Morgan fingerprint density at radius 3 is 2.61 bits per heavy atom. The van der Waals surface area contributed by atoms with Gasteiger partial charge in [-0.05, 0) is 49.1 Å². The van der Waals surface area contributed by atoms with E-state index in [2.05, 4.69) is 73.3 Å². The Morgan fingerprint density at radius 2 is 1.96 bits per heavy atom. The molecule has 3 heteroatoms. The number of benzene rings is 1. The van der Waals surface area contributed by atoms with Crippen LogP contribution in [0.25, 0.3) is 0 Å². The zero-order valence-corrected chi connectivity index (χ0v) is 14.4. The Balaban J connectivity index is 1.74. The van der Waals surface area contributed by atoms with Gasteiger partial charge in [0.15, 0.2) is 0 Å². The highest BCUT2D eigenvalue weighted by atomic mass is 15.2. The van der Waals surface area contributed by atoms with Crippen LogP contribution in [-0.2, 0) is 0 Å². The van der Waals surface area contributed by atoms with Gasteiger partial charge in [0, 0.05) is 31.5 Å². The molecule has 0 amide bonds. The van der Waals surface area contributed by atoms with Crippen molar-refractivity contribution >= 4 is 11.5 Å². The third-order valence-electron chi connectivity index (χ3n) is 4.61. The zero-order chi connectivity index (χ0) is 16.2. The number of hydrogen-bond acceptors (Lipinski definition) is 3. The van der Waals surface area contributed by atoms with Gasteiger partial charge in [0.05, 0.1) is 0 Å². The van der Waals surface area contributed by atoms with Crippen molar-refractivity contribution in [1.29, 1.82) is 0 Å². The van der Waals surface area contributed by atoms with Crippen molar-refractivity contribution in [2.75, 3.05) is 25.0 Å². The molecule has 1 atom stereocenters. The topological polar surface area (TPSA) is 19.4 Å². The van der Waals surface area contributed by atoms with Crippen molar-refractivity contribution in [2.24, 2.45) is 5.92 Å². The summed E-state index contributed by atoms with van der Waals surface area (Å²) >= 11 is 0. The molecule has 0 saturated carbocycles. The third-order valence-corrected chi connectivity index (χ3v) is 4.61.